The first kappa shape index (κ1) is 20.2. The smallest absolute Gasteiger partial charge is 0.325 e. The van der Waals surface area contributed by atoms with Gasteiger partial charge in [0.25, 0.3) is 10.2 Å². The topological polar surface area (TPSA) is 94.1 Å². The van der Waals surface area contributed by atoms with Crippen molar-refractivity contribution in [2.45, 2.75) is 44.2 Å². The quantitative estimate of drug-likeness (QED) is 0.780. The molecule has 1 aliphatic carbocycles. The number of nitrogens with zero attached hydrogens (tertiary/aromatic N) is 4. The monoisotopic (exact) mass is 396 g/mol. The lowest BCUT2D eigenvalue weighted by Gasteiger charge is -2.40. The summed E-state index contributed by atoms with van der Waals surface area (Å²) in [6.45, 7) is 1.35. The van der Waals surface area contributed by atoms with Gasteiger partial charge in [0.15, 0.2) is 0 Å². The molecule has 0 bridgehead atoms. The fourth-order valence-corrected chi connectivity index (χ4v) is 5.63. The average Bonchev–Trinajstić information content (AvgIpc) is 2.69. The van der Waals surface area contributed by atoms with Crippen molar-refractivity contribution in [1.29, 1.82) is 0 Å². The zero-order valence-electron chi connectivity index (χ0n) is 15.7. The Hall–Kier alpha value is -1.55. The molecule has 0 radical (unpaired) electrons. The molecular formula is C18H28N4O4S. The van der Waals surface area contributed by atoms with E-state index < -0.39 is 22.2 Å². The highest BCUT2D eigenvalue weighted by Crippen LogP contribution is 2.27. The molecule has 1 aromatic heterocycles. The Bertz CT molecular complexity index is 729. The molecule has 1 unspecified atom stereocenters. The lowest BCUT2D eigenvalue weighted by molar-refractivity contribution is -0.144. The SMILES string of the molecule is CN(C1CCCCC1)S(=O)(=O)N1CCN(C(C(=O)O)c2cccnc2)CC1. The van der Waals surface area contributed by atoms with Crippen LogP contribution >= 0.6 is 0 Å². The highest BCUT2D eigenvalue weighted by atomic mass is 32.2. The Balaban J connectivity index is 1.66. The largest absolute Gasteiger partial charge is 0.480 e. The highest BCUT2D eigenvalue weighted by Gasteiger charge is 2.37. The van der Waals surface area contributed by atoms with Gasteiger partial charge < -0.3 is 5.11 Å². The molecule has 1 saturated heterocycles. The second-order valence-corrected chi connectivity index (χ2v) is 9.27. The van der Waals surface area contributed by atoms with E-state index in [0.29, 0.717) is 31.7 Å². The van der Waals surface area contributed by atoms with Gasteiger partial charge in [-0.1, -0.05) is 25.3 Å². The minimum absolute atomic E-state index is 0.0731. The Morgan fingerprint density at radius 3 is 2.44 bits per heavy atom. The van der Waals surface area contributed by atoms with E-state index in [0.717, 1.165) is 25.7 Å². The lowest BCUT2D eigenvalue weighted by Crippen LogP contribution is -2.55. The number of hydrogen-bond donors (Lipinski definition) is 1. The second kappa shape index (κ2) is 8.64. The predicted molar refractivity (Wildman–Crippen MR) is 101 cm³/mol. The number of hydrogen-bond acceptors (Lipinski definition) is 5. The van der Waals surface area contributed by atoms with Crippen LogP contribution in [0, 0.1) is 0 Å². The third-order valence-corrected chi connectivity index (χ3v) is 7.70. The number of aliphatic carboxylic acids is 1. The van der Waals surface area contributed by atoms with E-state index in [1.54, 1.807) is 31.6 Å². The third kappa shape index (κ3) is 4.48. The zero-order valence-corrected chi connectivity index (χ0v) is 16.5. The van der Waals surface area contributed by atoms with Gasteiger partial charge >= 0.3 is 5.97 Å². The van der Waals surface area contributed by atoms with Gasteiger partial charge in [-0.2, -0.15) is 17.0 Å². The van der Waals surface area contributed by atoms with Gasteiger partial charge in [0.1, 0.15) is 6.04 Å². The Morgan fingerprint density at radius 1 is 1.22 bits per heavy atom. The van der Waals surface area contributed by atoms with Crippen molar-refractivity contribution >= 4 is 16.2 Å². The summed E-state index contributed by atoms with van der Waals surface area (Å²) in [4.78, 5) is 17.6. The van der Waals surface area contributed by atoms with Crippen LogP contribution in [0.4, 0.5) is 0 Å². The molecule has 27 heavy (non-hydrogen) atoms. The lowest BCUT2D eigenvalue weighted by atomic mass is 9.96. The molecule has 3 rings (SSSR count). The molecule has 2 aliphatic rings. The molecule has 150 valence electrons. The van der Waals surface area contributed by atoms with Crippen molar-refractivity contribution in [1.82, 2.24) is 18.5 Å². The van der Waals surface area contributed by atoms with Crippen LogP contribution in [-0.4, -0.2) is 77.3 Å². The van der Waals surface area contributed by atoms with Crippen LogP contribution in [0.5, 0.6) is 0 Å². The minimum atomic E-state index is -3.52. The molecule has 2 heterocycles. The molecule has 2 fully saturated rings. The van der Waals surface area contributed by atoms with Crippen molar-refractivity contribution in [3.05, 3.63) is 30.1 Å². The van der Waals surface area contributed by atoms with Crippen molar-refractivity contribution in [3.63, 3.8) is 0 Å². The number of carboxylic acids is 1. The van der Waals surface area contributed by atoms with E-state index >= 15 is 0 Å². The number of rotatable bonds is 6. The average molecular weight is 397 g/mol. The van der Waals surface area contributed by atoms with Crippen molar-refractivity contribution < 1.29 is 18.3 Å². The molecule has 1 N–H and O–H groups in total. The van der Waals surface area contributed by atoms with Crippen LogP contribution in [-0.2, 0) is 15.0 Å². The summed E-state index contributed by atoms with van der Waals surface area (Å²) >= 11 is 0. The summed E-state index contributed by atoms with van der Waals surface area (Å²) in [6.07, 6.45) is 8.31. The maximum atomic E-state index is 13.0. The molecule has 0 aromatic carbocycles. The van der Waals surface area contributed by atoms with Crippen molar-refractivity contribution in [2.24, 2.45) is 0 Å². The standard InChI is InChI=1S/C18H28N4O4S/c1-20(16-7-3-2-4-8-16)27(25,26)22-12-10-21(11-13-22)17(18(23)24)15-6-5-9-19-14-15/h5-6,9,14,16-17H,2-4,7-8,10-13H2,1H3,(H,23,24). The number of carbonyl (C=O) groups is 1. The summed E-state index contributed by atoms with van der Waals surface area (Å²) in [6, 6.07) is 2.72. The van der Waals surface area contributed by atoms with Crippen LogP contribution in [0.3, 0.4) is 0 Å². The molecule has 9 heteroatoms. The van der Waals surface area contributed by atoms with Crippen LogP contribution in [0.15, 0.2) is 24.5 Å². The molecule has 0 spiro atoms. The Morgan fingerprint density at radius 2 is 1.89 bits per heavy atom. The molecule has 8 nitrogen and oxygen atoms in total. The van der Waals surface area contributed by atoms with Crippen LogP contribution < -0.4 is 0 Å². The fourth-order valence-electron chi connectivity index (χ4n) is 4.05. The number of piperazine rings is 1. The van der Waals surface area contributed by atoms with E-state index in [1.807, 2.05) is 4.90 Å². The first-order chi connectivity index (χ1) is 12.9. The maximum Gasteiger partial charge on any atom is 0.325 e. The Kier molecular flexibility index (Phi) is 6.46. The van der Waals surface area contributed by atoms with E-state index in [2.05, 4.69) is 4.98 Å². The van der Waals surface area contributed by atoms with Gasteiger partial charge in [-0.15, -0.1) is 0 Å². The van der Waals surface area contributed by atoms with Crippen LogP contribution in [0.1, 0.15) is 43.7 Å². The second-order valence-electron chi connectivity index (χ2n) is 7.28. The molecular weight excluding hydrogens is 368 g/mol. The minimum Gasteiger partial charge on any atom is -0.480 e. The third-order valence-electron chi connectivity index (χ3n) is 5.65. The first-order valence-corrected chi connectivity index (χ1v) is 10.9. The summed E-state index contributed by atoms with van der Waals surface area (Å²) in [7, 11) is -1.84. The van der Waals surface area contributed by atoms with E-state index in [4.69, 9.17) is 0 Å². The van der Waals surface area contributed by atoms with Crippen molar-refractivity contribution in [3.8, 4) is 0 Å². The van der Waals surface area contributed by atoms with Gasteiger partial charge in [-0.3, -0.25) is 14.7 Å². The van der Waals surface area contributed by atoms with Crippen molar-refractivity contribution in [2.75, 3.05) is 33.2 Å². The van der Waals surface area contributed by atoms with Gasteiger partial charge in [0, 0.05) is 51.7 Å². The number of carboxylic acid groups (broad SMARTS) is 1. The first-order valence-electron chi connectivity index (χ1n) is 9.51. The number of pyridine rings is 1. The van der Waals surface area contributed by atoms with Gasteiger partial charge in [-0.25, -0.2) is 0 Å². The van der Waals surface area contributed by atoms with E-state index in [-0.39, 0.29) is 6.04 Å². The van der Waals surface area contributed by atoms with Crippen LogP contribution in [0.2, 0.25) is 0 Å². The predicted octanol–water partition coefficient (Wildman–Crippen LogP) is 1.33. The zero-order chi connectivity index (χ0) is 19.4. The molecule has 1 aliphatic heterocycles. The van der Waals surface area contributed by atoms with E-state index in [9.17, 15) is 18.3 Å². The summed E-state index contributed by atoms with van der Waals surface area (Å²) in [5, 5.41) is 9.65. The van der Waals surface area contributed by atoms with E-state index in [1.165, 1.54) is 15.0 Å². The molecule has 0 amide bonds. The normalized spacial score (nSPS) is 22.0. The van der Waals surface area contributed by atoms with Crippen LogP contribution in [0.25, 0.3) is 0 Å². The van der Waals surface area contributed by atoms with Gasteiger partial charge in [0.2, 0.25) is 0 Å². The van der Waals surface area contributed by atoms with Gasteiger partial charge in [0.05, 0.1) is 0 Å². The molecule has 1 aromatic rings. The number of aromatic nitrogens is 1. The summed E-state index contributed by atoms with van der Waals surface area (Å²) in [5.74, 6) is -0.946. The maximum absolute atomic E-state index is 13.0. The summed E-state index contributed by atoms with van der Waals surface area (Å²) in [5.41, 5.74) is 0.612. The molecule has 1 atom stereocenters. The fraction of sp³-hybridized carbons (Fsp3) is 0.667. The summed E-state index contributed by atoms with van der Waals surface area (Å²) < 4.78 is 29.0. The Labute approximate surface area is 161 Å². The highest BCUT2D eigenvalue weighted by molar-refractivity contribution is 7.86. The van der Waals surface area contributed by atoms with Gasteiger partial charge in [-0.05, 0) is 24.5 Å². The molecule has 1 saturated carbocycles.